The zero-order chi connectivity index (χ0) is 20.8. The molecule has 5 rings (SSSR count). The molecule has 2 heterocycles. The summed E-state index contributed by atoms with van der Waals surface area (Å²) in [6.07, 6.45) is 8.01. The number of nitrogens with one attached hydrogen (secondary N) is 1. The molecule has 0 saturated heterocycles. The molecule has 1 amide bonds. The van der Waals surface area contributed by atoms with E-state index in [0.29, 0.717) is 5.69 Å². The van der Waals surface area contributed by atoms with E-state index in [-0.39, 0.29) is 17.6 Å². The fraction of sp³-hybridized carbons (Fsp3) is 0.409. The standard InChI is InChI=1S/C22H23F2N5O/c1-28-21(14-5-2-3-6-18(14)27-28)22(30)26-17-7-4-8-19-15(17)12-25-29(19)20-10-9-13(23)11-16(20)24/h9-12,17H,2-8H2,1H3,(H,26,30)/t17-/m1/s1. The maximum Gasteiger partial charge on any atom is 0.270 e. The zero-order valence-corrected chi connectivity index (χ0v) is 16.8. The van der Waals surface area contributed by atoms with Gasteiger partial charge in [-0.15, -0.1) is 0 Å². The first-order valence-electron chi connectivity index (χ1n) is 10.4. The van der Waals surface area contributed by atoms with E-state index >= 15 is 0 Å². The van der Waals surface area contributed by atoms with Crippen LogP contribution in [0.4, 0.5) is 8.78 Å². The first kappa shape index (κ1) is 19.0. The Bertz CT molecular complexity index is 1130. The van der Waals surface area contributed by atoms with Gasteiger partial charge in [-0.2, -0.15) is 10.2 Å². The van der Waals surface area contributed by atoms with E-state index in [1.165, 1.54) is 16.8 Å². The van der Waals surface area contributed by atoms with Crippen molar-refractivity contribution in [2.75, 3.05) is 0 Å². The van der Waals surface area contributed by atoms with Crippen LogP contribution in [-0.2, 0) is 26.3 Å². The molecule has 0 bridgehead atoms. The van der Waals surface area contributed by atoms with Crippen LogP contribution in [0, 0.1) is 11.6 Å². The van der Waals surface area contributed by atoms with Crippen LogP contribution >= 0.6 is 0 Å². The highest BCUT2D eigenvalue weighted by molar-refractivity contribution is 5.94. The van der Waals surface area contributed by atoms with E-state index in [4.69, 9.17) is 0 Å². The van der Waals surface area contributed by atoms with Gasteiger partial charge in [0, 0.05) is 29.9 Å². The number of hydrogen-bond donors (Lipinski definition) is 1. The van der Waals surface area contributed by atoms with Crippen molar-refractivity contribution in [3.8, 4) is 5.69 Å². The molecule has 0 radical (unpaired) electrons. The smallest absolute Gasteiger partial charge is 0.270 e. The van der Waals surface area contributed by atoms with Gasteiger partial charge >= 0.3 is 0 Å². The zero-order valence-electron chi connectivity index (χ0n) is 16.8. The lowest BCUT2D eigenvalue weighted by Crippen LogP contribution is -2.33. The minimum Gasteiger partial charge on any atom is -0.344 e. The monoisotopic (exact) mass is 411 g/mol. The summed E-state index contributed by atoms with van der Waals surface area (Å²) in [4.78, 5) is 13.1. The molecule has 1 N–H and O–H groups in total. The van der Waals surface area contributed by atoms with Gasteiger partial charge < -0.3 is 5.32 Å². The van der Waals surface area contributed by atoms with Crippen LogP contribution in [0.5, 0.6) is 0 Å². The van der Waals surface area contributed by atoms with Crippen molar-refractivity contribution in [2.24, 2.45) is 7.05 Å². The van der Waals surface area contributed by atoms with Gasteiger partial charge in [0.05, 0.1) is 17.9 Å². The second kappa shape index (κ2) is 7.34. The average Bonchev–Trinajstić information content (AvgIpc) is 3.29. The van der Waals surface area contributed by atoms with E-state index in [1.807, 2.05) is 7.05 Å². The molecular formula is C22H23F2N5O. The number of benzene rings is 1. The molecule has 2 aliphatic rings. The van der Waals surface area contributed by atoms with Gasteiger partial charge in [0.25, 0.3) is 5.91 Å². The molecule has 1 atom stereocenters. The molecule has 3 aromatic rings. The number of carbonyl (C=O) groups excluding carboxylic acids is 1. The predicted molar refractivity (Wildman–Crippen MR) is 106 cm³/mol. The van der Waals surface area contributed by atoms with Crippen molar-refractivity contribution in [3.05, 3.63) is 64.2 Å². The highest BCUT2D eigenvalue weighted by Gasteiger charge is 2.30. The molecule has 0 fully saturated rings. The minimum atomic E-state index is -0.659. The SMILES string of the molecule is Cn1nc2c(c1C(=O)N[C@@H]1CCCc3c1cnn3-c1ccc(F)cc1F)CCCC2. The Hall–Kier alpha value is -3.03. The second-order valence-corrected chi connectivity index (χ2v) is 8.08. The molecule has 0 spiro atoms. The molecule has 8 heteroatoms. The van der Waals surface area contributed by atoms with Crippen molar-refractivity contribution in [3.63, 3.8) is 0 Å². The van der Waals surface area contributed by atoms with Crippen LogP contribution in [-0.4, -0.2) is 25.5 Å². The third-order valence-corrected chi connectivity index (χ3v) is 6.16. The van der Waals surface area contributed by atoms with E-state index in [1.54, 1.807) is 10.9 Å². The third-order valence-electron chi connectivity index (χ3n) is 6.16. The first-order valence-corrected chi connectivity index (χ1v) is 10.4. The number of nitrogens with zero attached hydrogens (tertiary/aromatic N) is 4. The normalized spacial score (nSPS) is 18.0. The number of aromatic nitrogens is 4. The Morgan fingerprint density at radius 3 is 2.83 bits per heavy atom. The van der Waals surface area contributed by atoms with E-state index < -0.39 is 11.6 Å². The Kier molecular flexibility index (Phi) is 4.64. The van der Waals surface area contributed by atoms with Gasteiger partial charge in [0.2, 0.25) is 0 Å². The minimum absolute atomic E-state index is 0.133. The lowest BCUT2D eigenvalue weighted by Gasteiger charge is -2.24. The van der Waals surface area contributed by atoms with Crippen molar-refractivity contribution in [1.29, 1.82) is 0 Å². The van der Waals surface area contributed by atoms with Crippen LogP contribution in [0.15, 0.2) is 24.4 Å². The topological polar surface area (TPSA) is 64.7 Å². The number of hydrogen-bond acceptors (Lipinski definition) is 3. The lowest BCUT2D eigenvalue weighted by molar-refractivity contribution is 0.0922. The van der Waals surface area contributed by atoms with Crippen molar-refractivity contribution in [2.45, 2.75) is 51.0 Å². The number of rotatable bonds is 3. The quantitative estimate of drug-likeness (QED) is 0.717. The summed E-state index contributed by atoms with van der Waals surface area (Å²) in [5.74, 6) is -1.41. The summed E-state index contributed by atoms with van der Waals surface area (Å²) >= 11 is 0. The summed E-state index contributed by atoms with van der Waals surface area (Å²) in [6.45, 7) is 0. The largest absolute Gasteiger partial charge is 0.344 e. The fourth-order valence-corrected chi connectivity index (χ4v) is 4.76. The van der Waals surface area contributed by atoms with Gasteiger partial charge in [-0.05, 0) is 57.1 Å². The molecule has 30 heavy (non-hydrogen) atoms. The van der Waals surface area contributed by atoms with E-state index in [2.05, 4.69) is 15.5 Å². The van der Waals surface area contributed by atoms with Crippen LogP contribution in [0.3, 0.4) is 0 Å². The predicted octanol–water partition coefficient (Wildman–Crippen LogP) is 3.57. The fourth-order valence-electron chi connectivity index (χ4n) is 4.76. The van der Waals surface area contributed by atoms with Gasteiger partial charge in [-0.3, -0.25) is 9.48 Å². The van der Waals surface area contributed by atoms with Gasteiger partial charge in [0.1, 0.15) is 17.2 Å². The molecule has 156 valence electrons. The molecule has 1 aromatic carbocycles. The van der Waals surface area contributed by atoms with Gasteiger partial charge in [-0.1, -0.05) is 0 Å². The second-order valence-electron chi connectivity index (χ2n) is 8.08. The maximum absolute atomic E-state index is 14.3. The van der Waals surface area contributed by atoms with Crippen molar-refractivity contribution >= 4 is 5.91 Å². The van der Waals surface area contributed by atoms with E-state index in [0.717, 1.165) is 73.5 Å². The van der Waals surface area contributed by atoms with Crippen LogP contribution < -0.4 is 5.32 Å². The lowest BCUT2D eigenvalue weighted by atomic mass is 9.92. The summed E-state index contributed by atoms with van der Waals surface area (Å²) in [7, 11) is 1.81. The van der Waals surface area contributed by atoms with Crippen molar-refractivity contribution < 1.29 is 13.6 Å². The average molecular weight is 411 g/mol. The molecule has 2 aliphatic carbocycles. The Morgan fingerprint density at radius 1 is 1.17 bits per heavy atom. The van der Waals surface area contributed by atoms with Gasteiger partial charge in [0.15, 0.2) is 5.82 Å². The maximum atomic E-state index is 14.3. The van der Waals surface area contributed by atoms with Crippen molar-refractivity contribution in [1.82, 2.24) is 24.9 Å². The summed E-state index contributed by atoms with van der Waals surface area (Å²) in [5.41, 5.74) is 4.66. The molecule has 2 aromatic heterocycles. The molecular weight excluding hydrogens is 388 g/mol. The Labute approximate surface area is 172 Å². The first-order chi connectivity index (χ1) is 14.5. The summed E-state index contributed by atoms with van der Waals surface area (Å²) < 4.78 is 30.8. The third kappa shape index (κ3) is 3.11. The number of carbonyl (C=O) groups is 1. The summed E-state index contributed by atoms with van der Waals surface area (Å²) in [6, 6.07) is 3.27. The number of aryl methyl sites for hydroxylation is 2. The number of amides is 1. The Balaban J connectivity index is 1.44. The van der Waals surface area contributed by atoms with E-state index in [9.17, 15) is 13.6 Å². The van der Waals surface area contributed by atoms with Crippen LogP contribution in [0.1, 0.15) is 64.7 Å². The highest BCUT2D eigenvalue weighted by atomic mass is 19.1. The molecule has 6 nitrogen and oxygen atoms in total. The number of fused-ring (bicyclic) bond motifs is 2. The Morgan fingerprint density at radius 2 is 2.00 bits per heavy atom. The highest BCUT2D eigenvalue weighted by Crippen LogP contribution is 2.32. The van der Waals surface area contributed by atoms with Gasteiger partial charge in [-0.25, -0.2) is 13.5 Å². The summed E-state index contributed by atoms with van der Waals surface area (Å²) in [5, 5.41) is 12.0. The number of halogens is 2. The van der Waals surface area contributed by atoms with Crippen LogP contribution in [0.2, 0.25) is 0 Å². The molecule has 0 unspecified atom stereocenters. The molecule has 0 aliphatic heterocycles. The van der Waals surface area contributed by atoms with Crippen LogP contribution in [0.25, 0.3) is 5.69 Å². The molecule has 0 saturated carbocycles.